The van der Waals surface area contributed by atoms with Crippen molar-refractivity contribution in [2.75, 3.05) is 37.7 Å². The monoisotopic (exact) mass is 412 g/mol. The molecule has 2 saturated heterocycles. The van der Waals surface area contributed by atoms with Crippen molar-refractivity contribution < 1.29 is 17.9 Å². The first kappa shape index (κ1) is 21.1. The maximum absolute atomic E-state index is 12.6. The van der Waals surface area contributed by atoms with Gasteiger partial charge in [0.1, 0.15) is 21.3 Å². The average molecular weight is 413 g/mol. The lowest BCUT2D eigenvalue weighted by molar-refractivity contribution is -0.000872. The first-order valence-corrected chi connectivity index (χ1v) is 11.8. The van der Waals surface area contributed by atoms with Crippen LogP contribution in [0.15, 0.2) is 12.4 Å². The zero-order chi connectivity index (χ0) is 20.5. The lowest BCUT2D eigenvalue weighted by Crippen LogP contribution is -2.53. The quantitative estimate of drug-likeness (QED) is 0.753. The van der Waals surface area contributed by atoms with Gasteiger partial charge in [0.2, 0.25) is 0 Å². The number of imidazole rings is 1. The molecular formula is C19H32N4O4S. The third kappa shape index (κ3) is 5.26. The SMILES string of the molecule is Cn1ccnc1[C@H]1CN(C(=O)OC(C)(C)C)CCN1CC1CCS(=O)(=O)CC1. The van der Waals surface area contributed by atoms with Gasteiger partial charge in [0, 0.05) is 45.6 Å². The van der Waals surface area contributed by atoms with Crippen molar-refractivity contribution in [1.82, 2.24) is 19.4 Å². The molecule has 0 spiro atoms. The minimum atomic E-state index is -2.86. The number of carbonyl (C=O) groups is 1. The van der Waals surface area contributed by atoms with Crippen LogP contribution in [0.3, 0.4) is 0 Å². The van der Waals surface area contributed by atoms with Gasteiger partial charge < -0.3 is 14.2 Å². The Bertz CT molecular complexity index is 785. The number of piperazine rings is 1. The van der Waals surface area contributed by atoms with Crippen LogP contribution in [0.2, 0.25) is 0 Å². The van der Waals surface area contributed by atoms with Gasteiger partial charge >= 0.3 is 6.09 Å². The first-order valence-electron chi connectivity index (χ1n) is 9.94. The molecule has 3 heterocycles. The number of aromatic nitrogens is 2. The van der Waals surface area contributed by atoms with E-state index in [1.165, 1.54) is 0 Å². The van der Waals surface area contributed by atoms with Gasteiger partial charge in [-0.05, 0) is 39.5 Å². The normalized spacial score (nSPS) is 24.3. The molecule has 0 N–H and O–H groups in total. The molecular weight excluding hydrogens is 380 g/mol. The summed E-state index contributed by atoms with van der Waals surface area (Å²) in [6.07, 6.45) is 4.81. The third-order valence-electron chi connectivity index (χ3n) is 5.47. The molecule has 158 valence electrons. The summed E-state index contributed by atoms with van der Waals surface area (Å²) in [5.74, 6) is 1.83. The predicted molar refractivity (Wildman–Crippen MR) is 107 cm³/mol. The van der Waals surface area contributed by atoms with Crippen molar-refractivity contribution in [2.45, 2.75) is 45.3 Å². The number of rotatable bonds is 3. The zero-order valence-electron chi connectivity index (χ0n) is 17.3. The molecule has 1 atom stereocenters. The van der Waals surface area contributed by atoms with Gasteiger partial charge in [-0.3, -0.25) is 4.90 Å². The molecule has 0 saturated carbocycles. The van der Waals surface area contributed by atoms with E-state index >= 15 is 0 Å². The van der Waals surface area contributed by atoms with Crippen molar-refractivity contribution in [1.29, 1.82) is 0 Å². The smallest absolute Gasteiger partial charge is 0.410 e. The fourth-order valence-electron chi connectivity index (χ4n) is 3.93. The van der Waals surface area contributed by atoms with Gasteiger partial charge in [-0.1, -0.05) is 0 Å². The lowest BCUT2D eigenvalue weighted by Gasteiger charge is -2.42. The second-order valence-electron chi connectivity index (χ2n) is 8.93. The molecule has 1 aromatic heterocycles. The Morgan fingerprint density at radius 2 is 1.93 bits per heavy atom. The van der Waals surface area contributed by atoms with Gasteiger partial charge in [0.15, 0.2) is 0 Å². The van der Waals surface area contributed by atoms with E-state index in [1.807, 2.05) is 38.6 Å². The molecule has 28 heavy (non-hydrogen) atoms. The van der Waals surface area contributed by atoms with E-state index in [0.717, 1.165) is 18.9 Å². The molecule has 3 rings (SSSR count). The molecule has 0 radical (unpaired) electrons. The minimum Gasteiger partial charge on any atom is -0.444 e. The van der Waals surface area contributed by atoms with Crippen molar-refractivity contribution in [3.05, 3.63) is 18.2 Å². The van der Waals surface area contributed by atoms with E-state index in [0.29, 0.717) is 31.8 Å². The summed E-state index contributed by atoms with van der Waals surface area (Å²) < 4.78 is 31.0. The summed E-state index contributed by atoms with van der Waals surface area (Å²) in [6, 6.07) is -0.0280. The van der Waals surface area contributed by atoms with E-state index in [9.17, 15) is 13.2 Å². The Morgan fingerprint density at radius 3 is 2.50 bits per heavy atom. The van der Waals surface area contributed by atoms with E-state index in [-0.39, 0.29) is 23.6 Å². The highest BCUT2D eigenvalue weighted by Crippen LogP contribution is 2.29. The van der Waals surface area contributed by atoms with Crippen LogP contribution in [0, 0.1) is 5.92 Å². The summed E-state index contributed by atoms with van der Waals surface area (Å²) in [5, 5.41) is 0. The highest BCUT2D eigenvalue weighted by Gasteiger charge is 2.36. The van der Waals surface area contributed by atoms with E-state index in [4.69, 9.17) is 4.74 Å². The number of amides is 1. The number of hydrogen-bond donors (Lipinski definition) is 0. The highest BCUT2D eigenvalue weighted by molar-refractivity contribution is 7.91. The third-order valence-corrected chi connectivity index (χ3v) is 7.18. The summed E-state index contributed by atoms with van der Waals surface area (Å²) >= 11 is 0. The van der Waals surface area contributed by atoms with Crippen molar-refractivity contribution in [3.63, 3.8) is 0 Å². The Morgan fingerprint density at radius 1 is 1.25 bits per heavy atom. The number of hydrogen-bond acceptors (Lipinski definition) is 6. The van der Waals surface area contributed by atoms with Crippen LogP contribution in [0.25, 0.3) is 0 Å². The van der Waals surface area contributed by atoms with Crippen molar-refractivity contribution in [2.24, 2.45) is 13.0 Å². The molecule has 2 aliphatic heterocycles. The maximum Gasteiger partial charge on any atom is 0.410 e. The molecule has 1 amide bonds. The van der Waals surface area contributed by atoms with Crippen LogP contribution >= 0.6 is 0 Å². The molecule has 2 aliphatic rings. The van der Waals surface area contributed by atoms with Crippen LogP contribution in [-0.2, 0) is 21.6 Å². The lowest BCUT2D eigenvalue weighted by atomic mass is 10.00. The molecule has 8 nitrogen and oxygen atoms in total. The van der Waals surface area contributed by atoms with Crippen LogP contribution in [0.5, 0.6) is 0 Å². The fourth-order valence-corrected chi connectivity index (χ4v) is 5.52. The summed E-state index contributed by atoms with van der Waals surface area (Å²) in [6.45, 7) is 8.28. The van der Waals surface area contributed by atoms with Gasteiger partial charge in [-0.2, -0.15) is 0 Å². The van der Waals surface area contributed by atoms with Crippen LogP contribution in [-0.4, -0.2) is 77.1 Å². The molecule has 0 aromatic carbocycles. The van der Waals surface area contributed by atoms with Crippen LogP contribution in [0.1, 0.15) is 45.5 Å². The second-order valence-corrected chi connectivity index (χ2v) is 11.2. The number of ether oxygens (including phenoxy) is 1. The average Bonchev–Trinajstić information content (AvgIpc) is 3.01. The first-order chi connectivity index (χ1) is 13.0. The number of nitrogens with zero attached hydrogens (tertiary/aromatic N) is 4. The predicted octanol–water partition coefficient (Wildman–Crippen LogP) is 1.84. The van der Waals surface area contributed by atoms with Gasteiger partial charge in [-0.15, -0.1) is 0 Å². The maximum atomic E-state index is 12.6. The summed E-state index contributed by atoms with van der Waals surface area (Å²) in [5.41, 5.74) is -0.527. The van der Waals surface area contributed by atoms with Crippen molar-refractivity contribution in [3.8, 4) is 0 Å². The van der Waals surface area contributed by atoms with Crippen LogP contribution in [0.4, 0.5) is 4.79 Å². The Labute approximate surface area is 167 Å². The molecule has 0 bridgehead atoms. The van der Waals surface area contributed by atoms with Gasteiger partial charge in [0.05, 0.1) is 17.5 Å². The highest BCUT2D eigenvalue weighted by atomic mass is 32.2. The van der Waals surface area contributed by atoms with E-state index < -0.39 is 15.4 Å². The molecule has 0 unspecified atom stereocenters. The molecule has 2 fully saturated rings. The number of carbonyl (C=O) groups excluding carboxylic acids is 1. The van der Waals surface area contributed by atoms with Crippen LogP contribution < -0.4 is 0 Å². The van der Waals surface area contributed by atoms with E-state index in [1.54, 1.807) is 11.1 Å². The van der Waals surface area contributed by atoms with E-state index in [2.05, 4.69) is 9.88 Å². The second kappa shape index (κ2) is 8.02. The zero-order valence-corrected chi connectivity index (χ0v) is 18.1. The molecule has 0 aliphatic carbocycles. The Kier molecular flexibility index (Phi) is 6.05. The summed E-state index contributed by atoms with van der Waals surface area (Å²) in [4.78, 5) is 21.2. The number of sulfone groups is 1. The standard InChI is InChI=1S/C19H32N4O4S/c1-19(2,3)27-18(24)23-10-9-22(13-15-5-11-28(25,26)12-6-15)16(14-23)17-20-7-8-21(17)4/h7-8,15-16H,5-6,9-14H2,1-4H3/t16-/m1/s1. The Hall–Kier alpha value is -1.61. The number of aryl methyl sites for hydroxylation is 1. The topological polar surface area (TPSA) is 84.7 Å². The van der Waals surface area contributed by atoms with Gasteiger partial charge in [0.25, 0.3) is 0 Å². The largest absolute Gasteiger partial charge is 0.444 e. The molecule has 9 heteroatoms. The fraction of sp³-hybridized carbons (Fsp3) is 0.789. The minimum absolute atomic E-state index is 0.0280. The van der Waals surface area contributed by atoms with Gasteiger partial charge in [-0.25, -0.2) is 18.2 Å². The summed E-state index contributed by atoms with van der Waals surface area (Å²) in [7, 11) is -0.903. The molecule has 1 aromatic rings. The Balaban J connectivity index is 1.72. The van der Waals surface area contributed by atoms with Crippen molar-refractivity contribution >= 4 is 15.9 Å².